The highest BCUT2D eigenvalue weighted by molar-refractivity contribution is 5.38. The predicted molar refractivity (Wildman–Crippen MR) is 59.9 cm³/mol. The van der Waals surface area contributed by atoms with Gasteiger partial charge < -0.3 is 0 Å². The molecule has 0 bridgehead atoms. The standard InChI is InChI=1S/C13H15F4N/c1-7(2)9-6-8(14)10(12(3)4-5-12)11(18-9)13(15,16)17/h6-7H,4-5H2,1-3H3. The molecule has 1 saturated carbocycles. The monoisotopic (exact) mass is 261 g/mol. The Morgan fingerprint density at radius 2 is 1.83 bits per heavy atom. The molecule has 100 valence electrons. The first-order valence-corrected chi connectivity index (χ1v) is 5.93. The van der Waals surface area contributed by atoms with Gasteiger partial charge in [0.15, 0.2) is 5.69 Å². The molecule has 1 fully saturated rings. The van der Waals surface area contributed by atoms with Gasteiger partial charge in [0.2, 0.25) is 0 Å². The molecule has 1 aromatic rings. The van der Waals surface area contributed by atoms with E-state index < -0.39 is 23.1 Å². The zero-order valence-corrected chi connectivity index (χ0v) is 10.5. The Morgan fingerprint density at radius 1 is 1.28 bits per heavy atom. The molecule has 0 N–H and O–H groups in total. The molecular weight excluding hydrogens is 246 g/mol. The fourth-order valence-electron chi connectivity index (χ4n) is 2.04. The van der Waals surface area contributed by atoms with Crippen molar-refractivity contribution in [1.82, 2.24) is 4.98 Å². The zero-order valence-electron chi connectivity index (χ0n) is 10.5. The zero-order chi connectivity index (χ0) is 13.7. The van der Waals surface area contributed by atoms with Crippen LogP contribution in [0.25, 0.3) is 0 Å². The van der Waals surface area contributed by atoms with Crippen molar-refractivity contribution in [2.24, 2.45) is 0 Å². The lowest BCUT2D eigenvalue weighted by Gasteiger charge is -2.19. The van der Waals surface area contributed by atoms with Crippen molar-refractivity contribution in [2.45, 2.75) is 51.1 Å². The van der Waals surface area contributed by atoms with Crippen molar-refractivity contribution >= 4 is 0 Å². The van der Waals surface area contributed by atoms with Crippen LogP contribution in [0.1, 0.15) is 56.5 Å². The number of nitrogens with zero attached hydrogens (tertiary/aromatic N) is 1. The van der Waals surface area contributed by atoms with Crippen LogP contribution in [0.2, 0.25) is 0 Å². The Balaban J connectivity index is 2.65. The van der Waals surface area contributed by atoms with Crippen LogP contribution >= 0.6 is 0 Å². The van der Waals surface area contributed by atoms with E-state index in [0.717, 1.165) is 6.07 Å². The number of hydrogen-bond donors (Lipinski definition) is 0. The first-order valence-electron chi connectivity index (χ1n) is 5.93. The SMILES string of the molecule is CC(C)c1cc(F)c(C2(C)CC2)c(C(F)(F)F)n1. The Bertz CT molecular complexity index is 473. The molecule has 0 amide bonds. The minimum absolute atomic E-state index is 0.146. The molecule has 1 aliphatic carbocycles. The fraction of sp³-hybridized carbons (Fsp3) is 0.615. The van der Waals surface area contributed by atoms with Crippen LogP contribution in [0.3, 0.4) is 0 Å². The summed E-state index contributed by atoms with van der Waals surface area (Å²) in [6.45, 7) is 5.04. The van der Waals surface area contributed by atoms with E-state index in [1.165, 1.54) is 0 Å². The second-order valence-corrected chi connectivity index (χ2v) is 5.47. The number of rotatable bonds is 2. The normalized spacial score (nSPS) is 18.2. The molecule has 0 aromatic carbocycles. The van der Waals surface area contributed by atoms with E-state index in [9.17, 15) is 17.6 Å². The number of aromatic nitrogens is 1. The van der Waals surface area contributed by atoms with Crippen LogP contribution in [0.15, 0.2) is 6.07 Å². The topological polar surface area (TPSA) is 12.9 Å². The smallest absolute Gasteiger partial charge is 0.248 e. The molecule has 0 unspecified atom stereocenters. The second-order valence-electron chi connectivity index (χ2n) is 5.47. The highest BCUT2D eigenvalue weighted by Crippen LogP contribution is 2.52. The van der Waals surface area contributed by atoms with Gasteiger partial charge in [-0.25, -0.2) is 9.37 Å². The van der Waals surface area contributed by atoms with Crippen molar-refractivity contribution in [2.75, 3.05) is 0 Å². The van der Waals surface area contributed by atoms with Crippen LogP contribution in [0.5, 0.6) is 0 Å². The van der Waals surface area contributed by atoms with E-state index in [1.807, 2.05) is 0 Å². The average molecular weight is 261 g/mol. The van der Waals surface area contributed by atoms with Crippen LogP contribution in [0.4, 0.5) is 17.6 Å². The van der Waals surface area contributed by atoms with E-state index >= 15 is 0 Å². The molecule has 0 aliphatic heterocycles. The third-order valence-electron chi connectivity index (χ3n) is 3.45. The Labute approximate surface area is 103 Å². The fourth-order valence-corrected chi connectivity index (χ4v) is 2.04. The molecule has 0 saturated heterocycles. The Hall–Kier alpha value is -1.13. The summed E-state index contributed by atoms with van der Waals surface area (Å²) in [5.74, 6) is -1.01. The number of halogens is 4. The maximum absolute atomic E-state index is 14.0. The highest BCUT2D eigenvalue weighted by Gasteiger charge is 2.49. The van der Waals surface area contributed by atoms with Gasteiger partial charge in [0, 0.05) is 11.3 Å². The van der Waals surface area contributed by atoms with E-state index in [4.69, 9.17) is 0 Å². The molecule has 5 heteroatoms. The van der Waals surface area contributed by atoms with Crippen molar-refractivity contribution in [3.63, 3.8) is 0 Å². The average Bonchev–Trinajstić information content (AvgIpc) is 2.94. The summed E-state index contributed by atoms with van der Waals surface area (Å²) in [5, 5.41) is 0. The van der Waals surface area contributed by atoms with Gasteiger partial charge in [0.1, 0.15) is 5.82 Å². The minimum atomic E-state index is -4.60. The lowest BCUT2D eigenvalue weighted by Crippen LogP contribution is -2.20. The van der Waals surface area contributed by atoms with E-state index in [1.54, 1.807) is 20.8 Å². The largest absolute Gasteiger partial charge is 0.433 e. The maximum Gasteiger partial charge on any atom is 0.433 e. The van der Waals surface area contributed by atoms with Gasteiger partial charge in [-0.05, 0) is 30.2 Å². The molecule has 0 radical (unpaired) electrons. The summed E-state index contributed by atoms with van der Waals surface area (Å²) in [7, 11) is 0. The van der Waals surface area contributed by atoms with Gasteiger partial charge in [0.25, 0.3) is 0 Å². The van der Waals surface area contributed by atoms with E-state index in [0.29, 0.717) is 12.8 Å². The molecule has 0 atom stereocenters. The van der Waals surface area contributed by atoms with Gasteiger partial charge in [-0.2, -0.15) is 13.2 Å². The van der Waals surface area contributed by atoms with E-state index in [2.05, 4.69) is 4.98 Å². The molecule has 1 aromatic heterocycles. The number of alkyl halides is 3. The van der Waals surface area contributed by atoms with Crippen LogP contribution < -0.4 is 0 Å². The summed E-state index contributed by atoms with van der Waals surface area (Å²) in [5.41, 5.74) is -1.87. The summed E-state index contributed by atoms with van der Waals surface area (Å²) in [6.07, 6.45) is -3.45. The lowest BCUT2D eigenvalue weighted by molar-refractivity contribution is -0.142. The Kier molecular flexibility index (Phi) is 2.91. The van der Waals surface area contributed by atoms with Gasteiger partial charge in [-0.15, -0.1) is 0 Å². The highest BCUT2D eigenvalue weighted by atomic mass is 19.4. The van der Waals surface area contributed by atoms with Crippen LogP contribution in [0, 0.1) is 5.82 Å². The summed E-state index contributed by atoms with van der Waals surface area (Å²) in [4.78, 5) is 3.65. The predicted octanol–water partition coefficient (Wildman–Crippen LogP) is 4.41. The molecule has 18 heavy (non-hydrogen) atoms. The van der Waals surface area contributed by atoms with Crippen LogP contribution in [-0.4, -0.2) is 4.98 Å². The Morgan fingerprint density at radius 3 is 2.22 bits per heavy atom. The van der Waals surface area contributed by atoms with Gasteiger partial charge in [0.05, 0.1) is 0 Å². The van der Waals surface area contributed by atoms with E-state index in [-0.39, 0.29) is 17.2 Å². The van der Waals surface area contributed by atoms with Crippen LogP contribution in [-0.2, 0) is 11.6 Å². The quantitative estimate of drug-likeness (QED) is 0.718. The summed E-state index contributed by atoms with van der Waals surface area (Å²) in [6, 6.07) is 1.14. The number of pyridine rings is 1. The molecule has 1 heterocycles. The van der Waals surface area contributed by atoms with Gasteiger partial charge in [-0.1, -0.05) is 20.8 Å². The van der Waals surface area contributed by atoms with Crippen molar-refractivity contribution in [3.8, 4) is 0 Å². The van der Waals surface area contributed by atoms with Crippen molar-refractivity contribution < 1.29 is 17.6 Å². The van der Waals surface area contributed by atoms with Crippen molar-refractivity contribution in [1.29, 1.82) is 0 Å². The summed E-state index contributed by atoms with van der Waals surface area (Å²) >= 11 is 0. The maximum atomic E-state index is 14.0. The lowest BCUT2D eigenvalue weighted by atomic mass is 9.94. The first-order chi connectivity index (χ1) is 8.15. The van der Waals surface area contributed by atoms with Gasteiger partial charge in [-0.3, -0.25) is 0 Å². The number of hydrogen-bond acceptors (Lipinski definition) is 1. The third kappa shape index (κ3) is 2.22. The molecule has 1 aliphatic rings. The van der Waals surface area contributed by atoms with Crippen molar-refractivity contribution in [3.05, 3.63) is 28.8 Å². The molecule has 0 spiro atoms. The first kappa shape index (κ1) is 13.3. The molecular formula is C13H15F4N. The molecule has 1 nitrogen and oxygen atoms in total. The molecule has 2 rings (SSSR count). The van der Waals surface area contributed by atoms with Gasteiger partial charge >= 0.3 is 6.18 Å². The summed E-state index contributed by atoms with van der Waals surface area (Å²) < 4.78 is 53.0. The second kappa shape index (κ2) is 3.93. The third-order valence-corrected chi connectivity index (χ3v) is 3.45. The minimum Gasteiger partial charge on any atom is -0.248 e.